The minimum absolute atomic E-state index is 0.178. The molecule has 5 nitrogen and oxygen atoms in total. The predicted molar refractivity (Wildman–Crippen MR) is 64.1 cm³/mol. The first-order valence-corrected chi connectivity index (χ1v) is 7.18. The third kappa shape index (κ3) is 3.31. The molecule has 0 bridgehead atoms. The summed E-state index contributed by atoms with van der Waals surface area (Å²) < 4.78 is 24.8. The van der Waals surface area contributed by atoms with Gasteiger partial charge in [-0.1, -0.05) is 6.92 Å². The van der Waals surface area contributed by atoms with Crippen molar-refractivity contribution in [3.05, 3.63) is 17.7 Å². The molecule has 1 aromatic heterocycles. The quantitative estimate of drug-likeness (QED) is 0.785. The minimum atomic E-state index is -2.91. The Bertz CT molecular complexity index is 437. The largest absolute Gasteiger partial charge is 0.330 e. The van der Waals surface area contributed by atoms with Crippen molar-refractivity contribution < 1.29 is 8.42 Å². The van der Waals surface area contributed by atoms with Gasteiger partial charge in [0.2, 0.25) is 0 Å². The fraction of sp³-hybridized carbons (Fsp3) is 0.700. The average Bonchev–Trinajstić information content (AvgIpc) is 2.58. The van der Waals surface area contributed by atoms with Gasteiger partial charge in [0.1, 0.15) is 5.82 Å². The zero-order chi connectivity index (χ0) is 12.2. The van der Waals surface area contributed by atoms with Gasteiger partial charge in [-0.2, -0.15) is 0 Å². The van der Waals surface area contributed by atoms with Crippen molar-refractivity contribution in [1.82, 2.24) is 14.9 Å². The molecule has 0 saturated heterocycles. The highest BCUT2D eigenvalue weighted by Crippen LogP contribution is 2.05. The van der Waals surface area contributed by atoms with Gasteiger partial charge in [-0.15, -0.1) is 0 Å². The molecular formula is C10H19N3O2S. The molecule has 0 atom stereocenters. The number of imidazole rings is 1. The number of rotatable bonds is 6. The van der Waals surface area contributed by atoms with Gasteiger partial charge in [-0.05, 0) is 14.0 Å². The summed E-state index contributed by atoms with van der Waals surface area (Å²) in [5, 5.41) is 3.04. The number of sulfone groups is 1. The van der Waals surface area contributed by atoms with Crippen molar-refractivity contribution in [2.45, 2.75) is 26.9 Å². The third-order valence-corrected chi connectivity index (χ3v) is 4.25. The van der Waals surface area contributed by atoms with Crippen LogP contribution in [0.2, 0.25) is 0 Å². The van der Waals surface area contributed by atoms with Crippen LogP contribution < -0.4 is 5.32 Å². The maximum Gasteiger partial charge on any atom is 0.151 e. The van der Waals surface area contributed by atoms with Crippen molar-refractivity contribution >= 4 is 9.84 Å². The molecule has 0 saturated carbocycles. The van der Waals surface area contributed by atoms with Crippen LogP contribution in [0.3, 0.4) is 0 Å². The summed E-state index contributed by atoms with van der Waals surface area (Å²) in [4.78, 5) is 4.19. The van der Waals surface area contributed by atoms with Gasteiger partial charge < -0.3 is 9.88 Å². The maximum atomic E-state index is 11.4. The molecule has 92 valence electrons. The second kappa shape index (κ2) is 5.45. The molecule has 0 radical (unpaired) electrons. The lowest BCUT2D eigenvalue weighted by Crippen LogP contribution is -2.18. The van der Waals surface area contributed by atoms with Crippen LogP contribution in [-0.2, 0) is 22.9 Å². The molecule has 0 aliphatic rings. The average molecular weight is 245 g/mol. The number of nitrogens with zero attached hydrogens (tertiary/aromatic N) is 2. The van der Waals surface area contributed by atoms with E-state index in [-0.39, 0.29) is 11.5 Å². The molecule has 0 aliphatic carbocycles. The number of aromatic nitrogens is 2. The van der Waals surface area contributed by atoms with Crippen molar-refractivity contribution in [3.63, 3.8) is 0 Å². The Labute approximate surface area is 96.8 Å². The fourth-order valence-electron chi connectivity index (χ4n) is 1.52. The Kier molecular flexibility index (Phi) is 4.49. The molecule has 0 aliphatic heterocycles. The second-order valence-electron chi connectivity index (χ2n) is 3.72. The molecular weight excluding hydrogens is 226 g/mol. The molecule has 1 aromatic rings. The number of nitrogens with one attached hydrogen (secondary N) is 1. The van der Waals surface area contributed by atoms with E-state index in [2.05, 4.69) is 10.3 Å². The van der Waals surface area contributed by atoms with E-state index in [1.807, 2.05) is 18.5 Å². The molecule has 0 amide bonds. The Hall–Kier alpha value is -0.880. The van der Waals surface area contributed by atoms with Gasteiger partial charge in [0.25, 0.3) is 0 Å². The summed E-state index contributed by atoms with van der Waals surface area (Å²) in [5.74, 6) is 1.23. The Morgan fingerprint density at radius 3 is 2.75 bits per heavy atom. The smallest absolute Gasteiger partial charge is 0.151 e. The van der Waals surface area contributed by atoms with Crippen molar-refractivity contribution in [3.8, 4) is 0 Å². The number of aryl methyl sites for hydroxylation is 1. The third-order valence-electron chi connectivity index (χ3n) is 2.56. The first-order chi connectivity index (χ1) is 7.50. The second-order valence-corrected chi connectivity index (χ2v) is 6.19. The van der Waals surface area contributed by atoms with Crippen molar-refractivity contribution in [2.75, 3.05) is 18.6 Å². The fourth-order valence-corrected chi connectivity index (χ4v) is 2.27. The highest BCUT2D eigenvalue weighted by atomic mass is 32.2. The Balaban J connectivity index is 2.76. The van der Waals surface area contributed by atoms with Crippen molar-refractivity contribution in [2.24, 2.45) is 0 Å². The van der Waals surface area contributed by atoms with Gasteiger partial charge in [0, 0.05) is 25.0 Å². The lowest BCUT2D eigenvalue weighted by Gasteiger charge is -2.09. The molecule has 16 heavy (non-hydrogen) atoms. The van der Waals surface area contributed by atoms with Crippen LogP contribution >= 0.6 is 0 Å². The van der Waals surface area contributed by atoms with E-state index >= 15 is 0 Å². The van der Waals surface area contributed by atoms with Gasteiger partial charge >= 0.3 is 0 Å². The Morgan fingerprint density at radius 1 is 1.50 bits per heavy atom. The molecule has 6 heteroatoms. The lowest BCUT2D eigenvalue weighted by molar-refractivity contribution is 0.584. The predicted octanol–water partition coefficient (Wildman–Crippen LogP) is 0.346. The monoisotopic (exact) mass is 245 g/mol. The number of hydrogen-bond donors (Lipinski definition) is 1. The van der Waals surface area contributed by atoms with E-state index in [0.717, 1.165) is 11.5 Å². The van der Waals surface area contributed by atoms with E-state index < -0.39 is 9.84 Å². The molecule has 1 N–H and O–H groups in total. The summed E-state index contributed by atoms with van der Waals surface area (Å²) in [5.41, 5.74) is 1.02. The standard InChI is InChI=1S/C10H19N3O2S/c1-4-16(14,15)6-5-13-9(2)12-8-10(13)7-11-3/h8,11H,4-7H2,1-3H3. The molecule has 1 rings (SSSR count). The molecule has 0 unspecified atom stereocenters. The minimum Gasteiger partial charge on any atom is -0.330 e. The van der Waals surface area contributed by atoms with Crippen LogP contribution in [0.1, 0.15) is 18.4 Å². The topological polar surface area (TPSA) is 64.0 Å². The summed E-state index contributed by atoms with van der Waals surface area (Å²) >= 11 is 0. The first kappa shape index (κ1) is 13.2. The van der Waals surface area contributed by atoms with Gasteiger partial charge in [0.15, 0.2) is 9.84 Å². The summed E-state index contributed by atoms with van der Waals surface area (Å²) in [6.07, 6.45) is 1.78. The molecule has 0 spiro atoms. The van der Waals surface area contributed by atoms with Crippen LogP contribution in [0.4, 0.5) is 0 Å². The maximum absolute atomic E-state index is 11.4. The van der Waals surface area contributed by atoms with E-state index in [0.29, 0.717) is 13.1 Å². The first-order valence-electron chi connectivity index (χ1n) is 5.36. The van der Waals surface area contributed by atoms with Crippen LogP contribution in [0.15, 0.2) is 6.20 Å². The van der Waals surface area contributed by atoms with E-state index in [9.17, 15) is 8.42 Å². The molecule has 0 fully saturated rings. The van der Waals surface area contributed by atoms with E-state index in [4.69, 9.17) is 0 Å². The van der Waals surface area contributed by atoms with E-state index in [1.165, 1.54) is 0 Å². The lowest BCUT2D eigenvalue weighted by atomic mass is 10.4. The summed E-state index contributed by atoms with van der Waals surface area (Å²) in [7, 11) is -1.06. The van der Waals surface area contributed by atoms with Crippen LogP contribution in [0.5, 0.6) is 0 Å². The molecule has 1 heterocycles. The summed E-state index contributed by atoms with van der Waals surface area (Å²) in [6.45, 7) is 4.74. The SMILES string of the molecule is CCS(=O)(=O)CCn1c(CNC)cnc1C. The van der Waals surface area contributed by atoms with Gasteiger partial charge in [-0.25, -0.2) is 13.4 Å². The Morgan fingerprint density at radius 2 is 2.19 bits per heavy atom. The van der Waals surface area contributed by atoms with Crippen LogP contribution in [0.25, 0.3) is 0 Å². The normalized spacial score (nSPS) is 11.9. The number of hydrogen-bond acceptors (Lipinski definition) is 4. The zero-order valence-electron chi connectivity index (χ0n) is 10.0. The highest BCUT2D eigenvalue weighted by molar-refractivity contribution is 7.91. The highest BCUT2D eigenvalue weighted by Gasteiger charge is 2.11. The van der Waals surface area contributed by atoms with Gasteiger partial charge in [0.05, 0.1) is 11.4 Å². The van der Waals surface area contributed by atoms with Crippen molar-refractivity contribution in [1.29, 1.82) is 0 Å². The van der Waals surface area contributed by atoms with Gasteiger partial charge in [-0.3, -0.25) is 0 Å². The summed E-state index contributed by atoms with van der Waals surface area (Å²) in [6, 6.07) is 0. The van der Waals surface area contributed by atoms with Crippen LogP contribution in [-0.4, -0.2) is 36.5 Å². The zero-order valence-corrected chi connectivity index (χ0v) is 10.8. The molecule has 0 aromatic carbocycles. The van der Waals surface area contributed by atoms with Crippen LogP contribution in [0, 0.1) is 6.92 Å². The van der Waals surface area contributed by atoms with E-state index in [1.54, 1.807) is 13.1 Å².